The van der Waals surface area contributed by atoms with E-state index in [1.807, 2.05) is 12.4 Å². The number of nitrogens with zero attached hydrogens (tertiary/aromatic N) is 2. The molecule has 1 aliphatic rings. The van der Waals surface area contributed by atoms with Gasteiger partial charge in [0.25, 0.3) is 0 Å². The molecule has 0 radical (unpaired) electrons. The summed E-state index contributed by atoms with van der Waals surface area (Å²) >= 11 is 0. The molecule has 1 heterocycles. The zero-order valence-corrected chi connectivity index (χ0v) is 10.9. The number of aryl methyl sites for hydroxylation is 1. The lowest BCUT2D eigenvalue weighted by molar-refractivity contribution is 0.216. The Morgan fingerprint density at radius 3 is 3.06 bits per heavy atom. The second-order valence-corrected chi connectivity index (χ2v) is 5.25. The van der Waals surface area contributed by atoms with Crippen molar-refractivity contribution in [2.45, 2.75) is 52.1 Å². The monoisotopic (exact) mass is 236 g/mol. The summed E-state index contributed by atoms with van der Waals surface area (Å²) in [7, 11) is 0. The molecule has 2 rings (SSSR count). The lowest BCUT2D eigenvalue weighted by Gasteiger charge is -2.32. The van der Waals surface area contributed by atoms with Crippen molar-refractivity contribution in [3.8, 4) is 0 Å². The van der Waals surface area contributed by atoms with Gasteiger partial charge < -0.3 is 4.57 Å². The van der Waals surface area contributed by atoms with Crippen molar-refractivity contribution in [3.05, 3.63) is 18.2 Å². The lowest BCUT2D eigenvalue weighted by Crippen LogP contribution is -2.37. The van der Waals surface area contributed by atoms with Crippen LogP contribution >= 0.6 is 0 Å². The summed E-state index contributed by atoms with van der Waals surface area (Å²) in [5.41, 5.74) is 2.99. The predicted molar refractivity (Wildman–Crippen MR) is 69.1 cm³/mol. The molecule has 3 N–H and O–H groups in total. The van der Waals surface area contributed by atoms with E-state index >= 15 is 0 Å². The molecule has 3 unspecified atom stereocenters. The fraction of sp³-hybridized carbons (Fsp3) is 0.769. The third-order valence-corrected chi connectivity index (χ3v) is 3.99. The number of imidazole rings is 1. The summed E-state index contributed by atoms with van der Waals surface area (Å²) in [5.74, 6) is 8.29. The van der Waals surface area contributed by atoms with Gasteiger partial charge in [0.2, 0.25) is 0 Å². The van der Waals surface area contributed by atoms with Crippen LogP contribution in [0.2, 0.25) is 0 Å². The van der Waals surface area contributed by atoms with Gasteiger partial charge >= 0.3 is 0 Å². The molecule has 0 aromatic carbocycles. The van der Waals surface area contributed by atoms with Gasteiger partial charge in [0.05, 0.1) is 6.04 Å². The van der Waals surface area contributed by atoms with Gasteiger partial charge in [-0.25, -0.2) is 10.4 Å². The van der Waals surface area contributed by atoms with Crippen LogP contribution in [0.1, 0.15) is 51.4 Å². The molecular formula is C13H24N4. The minimum absolute atomic E-state index is 0.202. The first-order chi connectivity index (χ1) is 8.26. The van der Waals surface area contributed by atoms with Crippen LogP contribution in [0.15, 0.2) is 12.4 Å². The van der Waals surface area contributed by atoms with Gasteiger partial charge in [-0.2, -0.15) is 0 Å². The molecule has 0 aliphatic heterocycles. The van der Waals surface area contributed by atoms with Crippen LogP contribution < -0.4 is 11.3 Å². The lowest BCUT2D eigenvalue weighted by atomic mass is 9.78. The summed E-state index contributed by atoms with van der Waals surface area (Å²) in [4.78, 5) is 4.48. The summed E-state index contributed by atoms with van der Waals surface area (Å²) in [6, 6.07) is 0.202. The minimum atomic E-state index is 0.202. The van der Waals surface area contributed by atoms with Gasteiger partial charge in [-0.3, -0.25) is 5.84 Å². The standard InChI is InChI=1S/C13H24N4/c1-3-17-8-7-15-13(17)12(16-14)11-6-4-5-10(2)9-11/h7-8,10-12,16H,3-6,9,14H2,1-2H3. The van der Waals surface area contributed by atoms with E-state index in [2.05, 4.69) is 28.8 Å². The van der Waals surface area contributed by atoms with Crippen molar-refractivity contribution in [1.82, 2.24) is 15.0 Å². The maximum absolute atomic E-state index is 5.76. The van der Waals surface area contributed by atoms with Crippen LogP contribution in [0.25, 0.3) is 0 Å². The number of hydrazine groups is 1. The van der Waals surface area contributed by atoms with Gasteiger partial charge in [0.1, 0.15) is 5.82 Å². The number of rotatable bonds is 4. The molecule has 3 atom stereocenters. The van der Waals surface area contributed by atoms with Crippen LogP contribution in [0.4, 0.5) is 0 Å². The maximum atomic E-state index is 5.76. The van der Waals surface area contributed by atoms with Crippen LogP contribution in [-0.2, 0) is 6.54 Å². The first kappa shape index (κ1) is 12.6. The summed E-state index contributed by atoms with van der Waals surface area (Å²) in [5, 5.41) is 0. The number of nitrogens with one attached hydrogen (secondary N) is 1. The molecule has 0 bridgehead atoms. The van der Waals surface area contributed by atoms with Gasteiger partial charge in [-0.15, -0.1) is 0 Å². The Morgan fingerprint density at radius 1 is 1.59 bits per heavy atom. The van der Waals surface area contributed by atoms with E-state index in [0.717, 1.165) is 18.3 Å². The Hall–Kier alpha value is -0.870. The molecule has 1 saturated carbocycles. The number of nitrogens with two attached hydrogens (primary N) is 1. The third-order valence-electron chi connectivity index (χ3n) is 3.99. The van der Waals surface area contributed by atoms with E-state index < -0.39 is 0 Å². The average Bonchev–Trinajstić information content (AvgIpc) is 2.78. The smallest absolute Gasteiger partial charge is 0.127 e. The molecule has 96 valence electrons. The highest BCUT2D eigenvalue weighted by atomic mass is 15.3. The summed E-state index contributed by atoms with van der Waals surface area (Å²) < 4.78 is 2.18. The Balaban J connectivity index is 2.15. The van der Waals surface area contributed by atoms with Crippen molar-refractivity contribution >= 4 is 0 Å². The molecule has 0 amide bonds. The highest BCUT2D eigenvalue weighted by Crippen LogP contribution is 2.36. The number of hydrogen-bond donors (Lipinski definition) is 2. The molecule has 17 heavy (non-hydrogen) atoms. The largest absolute Gasteiger partial charge is 0.334 e. The van der Waals surface area contributed by atoms with Gasteiger partial charge in [0.15, 0.2) is 0 Å². The highest BCUT2D eigenvalue weighted by molar-refractivity contribution is 5.02. The third kappa shape index (κ3) is 2.69. The molecule has 0 saturated heterocycles. The van der Waals surface area contributed by atoms with Crippen molar-refractivity contribution in [2.75, 3.05) is 0 Å². The van der Waals surface area contributed by atoms with Crippen molar-refractivity contribution in [1.29, 1.82) is 0 Å². The molecule has 0 spiro atoms. The van der Waals surface area contributed by atoms with E-state index in [4.69, 9.17) is 5.84 Å². The van der Waals surface area contributed by atoms with Gasteiger partial charge in [-0.1, -0.05) is 19.8 Å². The Morgan fingerprint density at radius 2 is 2.41 bits per heavy atom. The fourth-order valence-electron chi connectivity index (χ4n) is 3.07. The quantitative estimate of drug-likeness (QED) is 0.622. The van der Waals surface area contributed by atoms with Crippen molar-refractivity contribution in [3.63, 3.8) is 0 Å². The zero-order valence-electron chi connectivity index (χ0n) is 10.9. The van der Waals surface area contributed by atoms with E-state index in [9.17, 15) is 0 Å². The molecule has 4 heteroatoms. The number of hydrogen-bond acceptors (Lipinski definition) is 3. The topological polar surface area (TPSA) is 55.9 Å². The average molecular weight is 236 g/mol. The summed E-state index contributed by atoms with van der Waals surface area (Å²) in [6.07, 6.45) is 9.09. The summed E-state index contributed by atoms with van der Waals surface area (Å²) in [6.45, 7) is 5.43. The Bertz CT molecular complexity index is 347. The molecule has 1 aliphatic carbocycles. The SMILES string of the molecule is CCn1ccnc1C(NN)C1CCCC(C)C1. The van der Waals surface area contributed by atoms with E-state index in [1.54, 1.807) is 0 Å². The maximum Gasteiger partial charge on any atom is 0.127 e. The molecule has 4 nitrogen and oxygen atoms in total. The minimum Gasteiger partial charge on any atom is -0.334 e. The zero-order chi connectivity index (χ0) is 12.3. The number of aromatic nitrogens is 2. The van der Waals surface area contributed by atoms with Crippen molar-refractivity contribution < 1.29 is 0 Å². The van der Waals surface area contributed by atoms with E-state index in [-0.39, 0.29) is 6.04 Å². The van der Waals surface area contributed by atoms with E-state index in [0.29, 0.717) is 5.92 Å². The van der Waals surface area contributed by atoms with Gasteiger partial charge in [-0.05, 0) is 31.6 Å². The molecular weight excluding hydrogens is 212 g/mol. The second-order valence-electron chi connectivity index (χ2n) is 5.25. The highest BCUT2D eigenvalue weighted by Gasteiger charge is 2.29. The van der Waals surface area contributed by atoms with Crippen LogP contribution in [0.5, 0.6) is 0 Å². The first-order valence-corrected chi connectivity index (χ1v) is 6.73. The molecule has 1 aromatic heterocycles. The van der Waals surface area contributed by atoms with Crippen molar-refractivity contribution in [2.24, 2.45) is 17.7 Å². The normalized spacial score (nSPS) is 27.0. The van der Waals surface area contributed by atoms with Crippen LogP contribution in [0.3, 0.4) is 0 Å². The Labute approximate surface area is 104 Å². The molecule has 1 fully saturated rings. The molecule has 1 aromatic rings. The van der Waals surface area contributed by atoms with Gasteiger partial charge in [0, 0.05) is 18.9 Å². The fourth-order valence-corrected chi connectivity index (χ4v) is 3.07. The second kappa shape index (κ2) is 5.65. The first-order valence-electron chi connectivity index (χ1n) is 6.73. The van der Waals surface area contributed by atoms with E-state index in [1.165, 1.54) is 25.7 Å². The predicted octanol–water partition coefficient (Wildman–Crippen LogP) is 2.23. The Kier molecular flexibility index (Phi) is 4.18. The van der Waals surface area contributed by atoms with Crippen LogP contribution in [-0.4, -0.2) is 9.55 Å². The van der Waals surface area contributed by atoms with Crippen LogP contribution in [0, 0.1) is 11.8 Å².